The summed E-state index contributed by atoms with van der Waals surface area (Å²) in [5.41, 5.74) is 4.65. The zero-order chi connectivity index (χ0) is 23.7. The van der Waals surface area contributed by atoms with Crippen LogP contribution < -0.4 is 10.2 Å². The number of pyridine rings is 1. The van der Waals surface area contributed by atoms with E-state index in [1.165, 1.54) is 0 Å². The third kappa shape index (κ3) is 4.49. The topological polar surface area (TPSA) is 96.0 Å². The molecule has 4 aromatic rings. The maximum Gasteiger partial charge on any atom is 0.289 e. The molecule has 0 aliphatic carbocycles. The summed E-state index contributed by atoms with van der Waals surface area (Å²) < 4.78 is 5.87. The summed E-state index contributed by atoms with van der Waals surface area (Å²) in [7, 11) is 0. The van der Waals surface area contributed by atoms with Gasteiger partial charge in [-0.05, 0) is 32.4 Å². The molecular weight excluding hydrogens is 428 g/mol. The van der Waals surface area contributed by atoms with Crippen molar-refractivity contribution in [3.05, 3.63) is 72.6 Å². The lowest BCUT2D eigenvalue weighted by Gasteiger charge is -2.36. The first kappa shape index (κ1) is 22.0. The molecule has 1 aliphatic heterocycles. The van der Waals surface area contributed by atoms with Gasteiger partial charge in [-0.2, -0.15) is 0 Å². The SMILES string of the molecule is C[C@@H]1CN(c2cnc3[nH]cc(-c4cnc(C(=O)N[C@@H](C)c5ccccc5)nc4)c3c2)C[C@H](C)O1. The van der Waals surface area contributed by atoms with Crippen LogP contribution in [0.15, 0.2) is 61.2 Å². The van der Waals surface area contributed by atoms with Crippen LogP contribution in [0.3, 0.4) is 0 Å². The first-order valence-corrected chi connectivity index (χ1v) is 11.5. The number of nitrogens with one attached hydrogen (secondary N) is 2. The zero-order valence-electron chi connectivity index (χ0n) is 19.5. The quantitative estimate of drug-likeness (QED) is 0.469. The molecule has 0 spiro atoms. The first-order chi connectivity index (χ1) is 16.5. The normalized spacial score (nSPS) is 19.2. The van der Waals surface area contributed by atoms with Crippen LogP contribution in [0, 0.1) is 0 Å². The van der Waals surface area contributed by atoms with Gasteiger partial charge < -0.3 is 19.9 Å². The summed E-state index contributed by atoms with van der Waals surface area (Å²) in [6.45, 7) is 7.77. The fraction of sp³-hybridized carbons (Fsp3) is 0.308. The van der Waals surface area contributed by atoms with Gasteiger partial charge in [0.15, 0.2) is 0 Å². The van der Waals surface area contributed by atoms with Gasteiger partial charge in [0.25, 0.3) is 5.91 Å². The number of amides is 1. The molecule has 8 heteroatoms. The molecule has 0 saturated carbocycles. The standard InChI is InChI=1S/C26H28N6O2/c1-16-14-32(15-17(2)34-16)21-9-22-23(13-30-24(22)29-12-21)20-10-27-25(28-11-20)26(33)31-18(3)19-7-5-4-6-8-19/h4-13,16-18H,14-15H2,1-3H3,(H,29,30)(H,31,33)/t16-,17+,18-/m0/s1. The van der Waals surface area contributed by atoms with E-state index in [1.807, 2.05) is 49.6 Å². The van der Waals surface area contributed by atoms with Gasteiger partial charge in [0.1, 0.15) is 5.65 Å². The number of ether oxygens (including phenoxy) is 1. The Bertz CT molecular complexity index is 1280. The summed E-state index contributed by atoms with van der Waals surface area (Å²) in [5, 5.41) is 3.94. The maximum atomic E-state index is 12.6. The average molecular weight is 457 g/mol. The summed E-state index contributed by atoms with van der Waals surface area (Å²) in [5.74, 6) is -0.164. The second-order valence-electron chi connectivity index (χ2n) is 8.86. The Morgan fingerprint density at radius 2 is 1.79 bits per heavy atom. The van der Waals surface area contributed by atoms with Gasteiger partial charge in [-0.15, -0.1) is 0 Å². The molecule has 3 atom stereocenters. The summed E-state index contributed by atoms with van der Waals surface area (Å²) in [6.07, 6.45) is 7.50. The highest BCUT2D eigenvalue weighted by molar-refractivity contribution is 5.95. The molecule has 1 aliphatic rings. The van der Waals surface area contributed by atoms with Crippen molar-refractivity contribution >= 4 is 22.6 Å². The minimum Gasteiger partial charge on any atom is -0.372 e. The molecule has 0 bridgehead atoms. The lowest BCUT2D eigenvalue weighted by atomic mass is 10.1. The smallest absolute Gasteiger partial charge is 0.289 e. The number of fused-ring (bicyclic) bond motifs is 1. The average Bonchev–Trinajstić information content (AvgIpc) is 3.27. The molecule has 1 aromatic carbocycles. The lowest BCUT2D eigenvalue weighted by Crippen LogP contribution is -2.45. The highest BCUT2D eigenvalue weighted by Crippen LogP contribution is 2.30. The number of morpholine rings is 1. The van der Waals surface area contributed by atoms with Crippen molar-refractivity contribution in [2.45, 2.75) is 39.0 Å². The van der Waals surface area contributed by atoms with E-state index in [9.17, 15) is 4.79 Å². The van der Waals surface area contributed by atoms with Gasteiger partial charge in [0.2, 0.25) is 5.82 Å². The Kier molecular flexibility index (Phi) is 5.98. The van der Waals surface area contributed by atoms with Crippen molar-refractivity contribution in [3.63, 3.8) is 0 Å². The minimum absolute atomic E-state index is 0.138. The van der Waals surface area contributed by atoms with Gasteiger partial charge >= 0.3 is 0 Å². The molecule has 0 unspecified atom stereocenters. The first-order valence-electron chi connectivity index (χ1n) is 11.5. The molecule has 34 heavy (non-hydrogen) atoms. The Hall–Kier alpha value is -3.78. The van der Waals surface area contributed by atoms with Crippen LogP contribution in [0.1, 0.15) is 43.0 Å². The number of hydrogen-bond donors (Lipinski definition) is 2. The van der Waals surface area contributed by atoms with E-state index in [1.54, 1.807) is 12.4 Å². The number of rotatable bonds is 5. The van der Waals surface area contributed by atoms with Crippen LogP contribution in [0.4, 0.5) is 5.69 Å². The number of nitrogens with zero attached hydrogens (tertiary/aromatic N) is 4. The minimum atomic E-state index is -0.304. The number of benzene rings is 1. The van der Waals surface area contributed by atoms with Gasteiger partial charge in [-0.3, -0.25) is 4.79 Å². The summed E-state index contributed by atoms with van der Waals surface area (Å²) in [6, 6.07) is 11.8. The molecule has 3 aromatic heterocycles. The van der Waals surface area contributed by atoms with Crippen LogP contribution in [0.5, 0.6) is 0 Å². The van der Waals surface area contributed by atoms with E-state index >= 15 is 0 Å². The Morgan fingerprint density at radius 1 is 1.09 bits per heavy atom. The molecule has 1 amide bonds. The van der Waals surface area contributed by atoms with E-state index in [2.05, 4.69) is 50.1 Å². The molecule has 0 radical (unpaired) electrons. The van der Waals surface area contributed by atoms with E-state index in [-0.39, 0.29) is 30.0 Å². The van der Waals surface area contributed by atoms with Crippen molar-refractivity contribution in [1.82, 2.24) is 25.3 Å². The van der Waals surface area contributed by atoms with Gasteiger partial charge in [0.05, 0.1) is 30.1 Å². The van der Waals surface area contributed by atoms with Crippen LogP contribution in [0.25, 0.3) is 22.2 Å². The van der Waals surface area contributed by atoms with Crippen molar-refractivity contribution in [2.24, 2.45) is 0 Å². The Balaban J connectivity index is 1.36. The third-order valence-corrected chi connectivity index (χ3v) is 6.11. The molecule has 4 heterocycles. The van der Waals surface area contributed by atoms with Gasteiger partial charge in [0, 0.05) is 48.2 Å². The third-order valence-electron chi connectivity index (χ3n) is 6.11. The Labute approximate surface area is 198 Å². The number of carbonyl (C=O) groups is 1. The fourth-order valence-corrected chi connectivity index (χ4v) is 4.46. The largest absolute Gasteiger partial charge is 0.372 e. The number of anilines is 1. The zero-order valence-corrected chi connectivity index (χ0v) is 19.5. The predicted molar refractivity (Wildman–Crippen MR) is 132 cm³/mol. The fourth-order valence-electron chi connectivity index (χ4n) is 4.46. The maximum absolute atomic E-state index is 12.6. The van der Waals surface area contributed by atoms with Crippen molar-refractivity contribution in [3.8, 4) is 11.1 Å². The van der Waals surface area contributed by atoms with Gasteiger partial charge in [-0.25, -0.2) is 15.0 Å². The second kappa shape index (κ2) is 9.23. The molecule has 174 valence electrons. The van der Waals surface area contributed by atoms with Crippen molar-refractivity contribution < 1.29 is 9.53 Å². The molecule has 2 N–H and O–H groups in total. The number of hydrogen-bond acceptors (Lipinski definition) is 6. The summed E-state index contributed by atoms with van der Waals surface area (Å²) in [4.78, 5) is 31.5. The van der Waals surface area contributed by atoms with E-state index in [0.29, 0.717) is 0 Å². The van der Waals surface area contributed by atoms with Crippen LogP contribution >= 0.6 is 0 Å². The molecule has 1 fully saturated rings. The van der Waals surface area contributed by atoms with Crippen molar-refractivity contribution in [2.75, 3.05) is 18.0 Å². The highest BCUT2D eigenvalue weighted by atomic mass is 16.5. The van der Waals surface area contributed by atoms with E-state index < -0.39 is 0 Å². The molecule has 5 rings (SSSR count). The van der Waals surface area contributed by atoms with Crippen LogP contribution in [-0.4, -0.2) is 51.1 Å². The highest BCUT2D eigenvalue weighted by Gasteiger charge is 2.23. The molecule has 8 nitrogen and oxygen atoms in total. The van der Waals surface area contributed by atoms with Crippen LogP contribution in [0.2, 0.25) is 0 Å². The van der Waals surface area contributed by atoms with Crippen LogP contribution in [-0.2, 0) is 4.74 Å². The monoisotopic (exact) mass is 456 g/mol. The predicted octanol–water partition coefficient (Wildman–Crippen LogP) is 4.12. The Morgan fingerprint density at radius 3 is 2.50 bits per heavy atom. The number of carbonyl (C=O) groups excluding carboxylic acids is 1. The molecule has 1 saturated heterocycles. The lowest BCUT2D eigenvalue weighted by molar-refractivity contribution is -0.00522. The second-order valence-corrected chi connectivity index (χ2v) is 8.86. The van der Waals surface area contributed by atoms with Gasteiger partial charge in [-0.1, -0.05) is 30.3 Å². The number of H-pyrrole nitrogens is 1. The van der Waals surface area contributed by atoms with E-state index in [0.717, 1.165) is 46.5 Å². The number of aromatic amines is 1. The number of aromatic nitrogens is 4. The summed E-state index contributed by atoms with van der Waals surface area (Å²) >= 11 is 0. The van der Waals surface area contributed by atoms with Crippen molar-refractivity contribution in [1.29, 1.82) is 0 Å². The van der Waals surface area contributed by atoms with E-state index in [4.69, 9.17) is 4.74 Å². The molecular formula is C26H28N6O2.